The molecular formula is C16H24N2O. The first kappa shape index (κ1) is 14.1. The van der Waals surface area contributed by atoms with Crippen molar-refractivity contribution in [1.29, 1.82) is 0 Å². The van der Waals surface area contributed by atoms with Crippen molar-refractivity contribution in [3.63, 3.8) is 0 Å². The van der Waals surface area contributed by atoms with Gasteiger partial charge in [0.15, 0.2) is 0 Å². The molecule has 0 aromatic heterocycles. The molecular weight excluding hydrogens is 236 g/mol. The molecule has 0 radical (unpaired) electrons. The van der Waals surface area contributed by atoms with E-state index >= 15 is 0 Å². The number of nitrogens with two attached hydrogens (primary N) is 1. The minimum atomic E-state index is -0.00324. The van der Waals surface area contributed by atoms with Crippen molar-refractivity contribution in [3.8, 4) is 0 Å². The maximum absolute atomic E-state index is 12.7. The normalized spacial score (nSPS) is 21.2. The van der Waals surface area contributed by atoms with E-state index in [1.165, 1.54) is 0 Å². The Morgan fingerprint density at radius 1 is 1.42 bits per heavy atom. The van der Waals surface area contributed by atoms with Gasteiger partial charge in [0.2, 0.25) is 5.91 Å². The lowest BCUT2D eigenvalue weighted by molar-refractivity contribution is -0.134. The molecule has 1 amide bonds. The van der Waals surface area contributed by atoms with Crippen LogP contribution in [0.5, 0.6) is 0 Å². The van der Waals surface area contributed by atoms with Crippen molar-refractivity contribution in [2.24, 2.45) is 5.73 Å². The van der Waals surface area contributed by atoms with E-state index < -0.39 is 0 Å². The molecule has 1 heterocycles. The molecule has 1 aliphatic heterocycles. The quantitative estimate of drug-likeness (QED) is 0.904. The summed E-state index contributed by atoms with van der Waals surface area (Å²) in [6, 6.07) is 10.3. The summed E-state index contributed by atoms with van der Waals surface area (Å²) < 4.78 is 0. The lowest BCUT2D eigenvalue weighted by Gasteiger charge is -2.33. The van der Waals surface area contributed by atoms with E-state index in [1.54, 1.807) is 0 Å². The van der Waals surface area contributed by atoms with E-state index in [2.05, 4.69) is 19.1 Å². The number of carbonyl (C=O) groups excluding carboxylic acids is 1. The van der Waals surface area contributed by atoms with Crippen LogP contribution in [0, 0.1) is 0 Å². The largest absolute Gasteiger partial charge is 0.341 e. The van der Waals surface area contributed by atoms with Gasteiger partial charge in [-0.2, -0.15) is 0 Å². The summed E-state index contributed by atoms with van der Waals surface area (Å²) in [7, 11) is 0. The van der Waals surface area contributed by atoms with Gasteiger partial charge in [0, 0.05) is 19.1 Å². The average Bonchev–Trinajstić information content (AvgIpc) is 2.45. The number of piperidine rings is 1. The third-order valence-electron chi connectivity index (χ3n) is 3.85. The van der Waals surface area contributed by atoms with E-state index in [-0.39, 0.29) is 17.9 Å². The Morgan fingerprint density at radius 3 is 2.79 bits per heavy atom. The van der Waals surface area contributed by atoms with Gasteiger partial charge in [-0.1, -0.05) is 43.7 Å². The lowest BCUT2D eigenvalue weighted by atomic mass is 9.92. The van der Waals surface area contributed by atoms with Gasteiger partial charge in [-0.15, -0.1) is 0 Å². The Kier molecular flexibility index (Phi) is 4.97. The van der Waals surface area contributed by atoms with E-state index in [1.807, 2.05) is 23.1 Å². The standard InChI is InChI=1S/C16H24N2O/c1-2-7-15(13-8-4-3-5-9-13)16(19)18-11-6-10-14(17)12-18/h3-5,8-9,14-15H,2,6-7,10-12,17H2,1H3. The number of rotatable bonds is 4. The highest BCUT2D eigenvalue weighted by atomic mass is 16.2. The molecule has 104 valence electrons. The molecule has 1 saturated heterocycles. The first-order valence-electron chi connectivity index (χ1n) is 7.31. The van der Waals surface area contributed by atoms with E-state index in [0.29, 0.717) is 6.54 Å². The highest BCUT2D eigenvalue weighted by Crippen LogP contribution is 2.25. The van der Waals surface area contributed by atoms with Gasteiger partial charge in [-0.25, -0.2) is 0 Å². The Bertz CT molecular complexity index is 404. The number of amides is 1. The zero-order chi connectivity index (χ0) is 13.7. The molecule has 2 rings (SSSR count). The van der Waals surface area contributed by atoms with Gasteiger partial charge < -0.3 is 10.6 Å². The Labute approximate surface area is 115 Å². The first-order chi connectivity index (χ1) is 9.22. The molecule has 0 saturated carbocycles. The Morgan fingerprint density at radius 2 is 2.16 bits per heavy atom. The summed E-state index contributed by atoms with van der Waals surface area (Å²) in [5, 5.41) is 0. The SMILES string of the molecule is CCCC(C(=O)N1CCCC(N)C1)c1ccccc1. The van der Waals surface area contributed by atoms with Crippen molar-refractivity contribution in [2.75, 3.05) is 13.1 Å². The van der Waals surface area contributed by atoms with Gasteiger partial charge in [-0.05, 0) is 24.8 Å². The second kappa shape index (κ2) is 6.71. The van der Waals surface area contributed by atoms with Crippen molar-refractivity contribution in [1.82, 2.24) is 4.90 Å². The van der Waals surface area contributed by atoms with Crippen LogP contribution < -0.4 is 5.73 Å². The fraction of sp³-hybridized carbons (Fsp3) is 0.562. The average molecular weight is 260 g/mol. The van der Waals surface area contributed by atoms with Crippen LogP contribution in [0.25, 0.3) is 0 Å². The number of carbonyl (C=O) groups is 1. The highest BCUT2D eigenvalue weighted by Gasteiger charge is 2.28. The van der Waals surface area contributed by atoms with Gasteiger partial charge >= 0.3 is 0 Å². The van der Waals surface area contributed by atoms with Crippen LogP contribution in [-0.2, 0) is 4.79 Å². The van der Waals surface area contributed by atoms with Crippen LogP contribution in [0.1, 0.15) is 44.1 Å². The molecule has 2 atom stereocenters. The number of benzene rings is 1. The number of hydrogen-bond donors (Lipinski definition) is 1. The van der Waals surface area contributed by atoms with E-state index in [4.69, 9.17) is 5.73 Å². The minimum Gasteiger partial charge on any atom is -0.341 e. The maximum atomic E-state index is 12.7. The smallest absolute Gasteiger partial charge is 0.230 e. The van der Waals surface area contributed by atoms with Crippen LogP contribution in [0.2, 0.25) is 0 Å². The fourth-order valence-electron chi connectivity index (χ4n) is 2.84. The maximum Gasteiger partial charge on any atom is 0.230 e. The molecule has 0 aliphatic carbocycles. The van der Waals surface area contributed by atoms with Crippen molar-refractivity contribution < 1.29 is 4.79 Å². The summed E-state index contributed by atoms with van der Waals surface area (Å²) in [4.78, 5) is 14.7. The van der Waals surface area contributed by atoms with Gasteiger partial charge in [0.05, 0.1) is 5.92 Å². The summed E-state index contributed by atoms with van der Waals surface area (Å²) in [6.45, 7) is 3.70. The molecule has 1 fully saturated rings. The van der Waals surface area contributed by atoms with E-state index in [9.17, 15) is 4.79 Å². The Hall–Kier alpha value is -1.35. The molecule has 3 nitrogen and oxygen atoms in total. The number of likely N-dealkylation sites (tertiary alicyclic amines) is 1. The second-order valence-corrected chi connectivity index (χ2v) is 5.44. The van der Waals surface area contributed by atoms with Crippen LogP contribution in [0.4, 0.5) is 0 Å². The third-order valence-corrected chi connectivity index (χ3v) is 3.85. The predicted octanol–water partition coefficient (Wildman–Crippen LogP) is 2.52. The number of hydrogen-bond acceptors (Lipinski definition) is 2. The number of nitrogens with zero attached hydrogens (tertiary/aromatic N) is 1. The molecule has 0 spiro atoms. The fourth-order valence-corrected chi connectivity index (χ4v) is 2.84. The zero-order valence-electron chi connectivity index (χ0n) is 11.7. The lowest BCUT2D eigenvalue weighted by Crippen LogP contribution is -2.47. The van der Waals surface area contributed by atoms with Crippen molar-refractivity contribution >= 4 is 5.91 Å². The minimum absolute atomic E-state index is 0.00324. The molecule has 0 bridgehead atoms. The second-order valence-electron chi connectivity index (χ2n) is 5.44. The van der Waals surface area contributed by atoms with Gasteiger partial charge in [0.1, 0.15) is 0 Å². The summed E-state index contributed by atoms with van der Waals surface area (Å²) in [5.41, 5.74) is 7.11. The van der Waals surface area contributed by atoms with Gasteiger partial charge in [-0.3, -0.25) is 4.79 Å². The monoisotopic (exact) mass is 260 g/mol. The zero-order valence-corrected chi connectivity index (χ0v) is 11.7. The molecule has 1 aromatic rings. The van der Waals surface area contributed by atoms with Crippen LogP contribution in [0.3, 0.4) is 0 Å². The van der Waals surface area contributed by atoms with Crippen molar-refractivity contribution in [2.45, 2.75) is 44.6 Å². The third kappa shape index (κ3) is 3.57. The first-order valence-corrected chi connectivity index (χ1v) is 7.31. The van der Waals surface area contributed by atoms with Crippen LogP contribution in [0.15, 0.2) is 30.3 Å². The predicted molar refractivity (Wildman–Crippen MR) is 77.9 cm³/mol. The van der Waals surface area contributed by atoms with Crippen LogP contribution in [-0.4, -0.2) is 29.9 Å². The Balaban J connectivity index is 2.12. The molecule has 2 unspecified atom stereocenters. The molecule has 19 heavy (non-hydrogen) atoms. The van der Waals surface area contributed by atoms with Gasteiger partial charge in [0.25, 0.3) is 0 Å². The summed E-state index contributed by atoms with van der Waals surface area (Å²) in [5.74, 6) is 0.250. The van der Waals surface area contributed by atoms with Crippen molar-refractivity contribution in [3.05, 3.63) is 35.9 Å². The summed E-state index contributed by atoms with van der Waals surface area (Å²) >= 11 is 0. The molecule has 2 N–H and O–H groups in total. The summed E-state index contributed by atoms with van der Waals surface area (Å²) in [6.07, 6.45) is 3.99. The molecule has 1 aromatic carbocycles. The topological polar surface area (TPSA) is 46.3 Å². The van der Waals surface area contributed by atoms with Crippen LogP contribution >= 0.6 is 0 Å². The van der Waals surface area contributed by atoms with E-state index in [0.717, 1.165) is 37.8 Å². The molecule has 3 heteroatoms. The molecule has 1 aliphatic rings. The highest BCUT2D eigenvalue weighted by molar-refractivity contribution is 5.83.